The van der Waals surface area contributed by atoms with Gasteiger partial charge in [0.1, 0.15) is 17.5 Å². The zero-order chi connectivity index (χ0) is 24.2. The van der Waals surface area contributed by atoms with Gasteiger partial charge in [-0.3, -0.25) is 4.79 Å². The molecule has 170 valence electrons. The maximum absolute atomic E-state index is 13.6. The molecule has 0 radical (unpaired) electrons. The van der Waals surface area contributed by atoms with Gasteiger partial charge in [-0.1, -0.05) is 18.2 Å². The molecule has 1 aromatic carbocycles. The van der Waals surface area contributed by atoms with Crippen molar-refractivity contribution in [2.45, 2.75) is 20.0 Å². The minimum Gasteiger partial charge on any atom is -0.325 e. The van der Waals surface area contributed by atoms with E-state index in [0.29, 0.717) is 28.6 Å². The van der Waals surface area contributed by atoms with Gasteiger partial charge < -0.3 is 9.88 Å². The molecule has 9 heteroatoms. The topological polar surface area (TPSA) is 71.6 Å². The summed E-state index contributed by atoms with van der Waals surface area (Å²) in [4.78, 5) is 24.9. The molecule has 0 aliphatic carbocycles. The Bertz CT molecular complexity index is 1310. The molecule has 0 saturated carbocycles. The van der Waals surface area contributed by atoms with Crippen molar-refractivity contribution >= 4 is 18.4 Å². The number of hydrogen-bond donors (Lipinski definition) is 1. The number of aliphatic imine (C=N–C) groups is 2. The zero-order valence-electron chi connectivity index (χ0n) is 18.3. The van der Waals surface area contributed by atoms with Gasteiger partial charge in [0.15, 0.2) is 0 Å². The Kier molecular flexibility index (Phi) is 6.91. The number of allylic oxidation sites excluding steroid dienone is 1. The zero-order valence-corrected chi connectivity index (χ0v) is 18.3. The van der Waals surface area contributed by atoms with Crippen LogP contribution in [0.15, 0.2) is 81.4 Å². The molecule has 0 aliphatic rings. The van der Waals surface area contributed by atoms with Crippen LogP contribution in [0.3, 0.4) is 0 Å². The Morgan fingerprint density at radius 2 is 1.88 bits per heavy atom. The highest BCUT2D eigenvalue weighted by molar-refractivity contribution is 5.85. The van der Waals surface area contributed by atoms with Gasteiger partial charge in [-0.05, 0) is 62.0 Å². The van der Waals surface area contributed by atoms with Gasteiger partial charge in [0, 0.05) is 24.9 Å². The molecule has 0 bridgehead atoms. The summed E-state index contributed by atoms with van der Waals surface area (Å²) in [5.74, 6) is 1.40. The molecule has 0 saturated heterocycles. The molecule has 0 aliphatic heterocycles. The normalized spacial score (nSPS) is 12.5. The number of alkyl halides is 3. The van der Waals surface area contributed by atoms with Crippen LogP contribution in [0.2, 0.25) is 0 Å². The van der Waals surface area contributed by atoms with Crippen LogP contribution in [0, 0.1) is 0 Å². The van der Waals surface area contributed by atoms with Crippen molar-refractivity contribution in [2.24, 2.45) is 17.0 Å². The summed E-state index contributed by atoms with van der Waals surface area (Å²) < 4.78 is 42.0. The Hall–Kier alpha value is -4.01. The molecule has 6 nitrogen and oxygen atoms in total. The number of rotatable bonds is 5. The number of nitrogens with one attached hydrogen (secondary N) is 1. The van der Waals surface area contributed by atoms with Crippen molar-refractivity contribution < 1.29 is 13.2 Å². The second-order valence-electron chi connectivity index (χ2n) is 7.12. The lowest BCUT2D eigenvalue weighted by atomic mass is 9.99. The maximum Gasteiger partial charge on any atom is 0.417 e. The average Bonchev–Trinajstić information content (AvgIpc) is 2.79. The fourth-order valence-corrected chi connectivity index (χ4v) is 3.20. The van der Waals surface area contributed by atoms with Gasteiger partial charge in [-0.2, -0.15) is 13.2 Å². The molecule has 0 spiro atoms. The van der Waals surface area contributed by atoms with Crippen LogP contribution in [-0.4, -0.2) is 22.1 Å². The van der Waals surface area contributed by atoms with E-state index in [-0.39, 0.29) is 11.3 Å². The second kappa shape index (κ2) is 9.64. The van der Waals surface area contributed by atoms with Gasteiger partial charge in [0.25, 0.3) is 5.56 Å². The molecule has 0 amide bonds. The highest BCUT2D eigenvalue weighted by Gasteiger charge is 2.33. The van der Waals surface area contributed by atoms with Crippen LogP contribution in [0.4, 0.5) is 19.0 Å². The van der Waals surface area contributed by atoms with Crippen LogP contribution in [0.25, 0.3) is 22.4 Å². The van der Waals surface area contributed by atoms with Crippen LogP contribution < -0.4 is 10.9 Å². The van der Waals surface area contributed by atoms with E-state index in [1.165, 1.54) is 42.1 Å². The predicted octanol–water partition coefficient (Wildman–Crippen LogP) is 5.53. The van der Waals surface area contributed by atoms with E-state index >= 15 is 0 Å². The van der Waals surface area contributed by atoms with Gasteiger partial charge in [0.2, 0.25) is 0 Å². The van der Waals surface area contributed by atoms with E-state index in [0.717, 1.165) is 6.07 Å². The van der Waals surface area contributed by atoms with Crippen molar-refractivity contribution in [3.63, 3.8) is 0 Å². The number of halogens is 3. The largest absolute Gasteiger partial charge is 0.417 e. The van der Waals surface area contributed by atoms with Crippen molar-refractivity contribution in [1.82, 2.24) is 9.55 Å². The molecular formula is C24H22F3N5O. The summed E-state index contributed by atoms with van der Waals surface area (Å²) in [6, 6.07) is 11.5. The Morgan fingerprint density at radius 3 is 2.55 bits per heavy atom. The number of aromatic nitrogens is 2. The van der Waals surface area contributed by atoms with Gasteiger partial charge in [-0.25, -0.2) is 15.0 Å². The van der Waals surface area contributed by atoms with Crippen molar-refractivity contribution in [1.29, 1.82) is 0 Å². The number of anilines is 1. The lowest BCUT2D eigenvalue weighted by molar-refractivity contribution is -0.137. The lowest BCUT2D eigenvalue weighted by Crippen LogP contribution is -2.19. The fourth-order valence-electron chi connectivity index (χ4n) is 3.20. The van der Waals surface area contributed by atoms with Crippen LogP contribution >= 0.6 is 0 Å². The Labute approximate surface area is 188 Å². The summed E-state index contributed by atoms with van der Waals surface area (Å²) in [6.45, 7) is 6.91. The third-order valence-corrected chi connectivity index (χ3v) is 4.91. The van der Waals surface area contributed by atoms with Crippen molar-refractivity contribution in [3.05, 3.63) is 82.5 Å². The Morgan fingerprint density at radius 1 is 1.15 bits per heavy atom. The van der Waals surface area contributed by atoms with Gasteiger partial charge in [0.05, 0.1) is 11.3 Å². The number of hydrogen-bond acceptors (Lipinski definition) is 4. The molecule has 3 aromatic rings. The molecule has 2 heterocycles. The van der Waals surface area contributed by atoms with Crippen LogP contribution in [0.5, 0.6) is 0 Å². The van der Waals surface area contributed by atoms with E-state index in [9.17, 15) is 18.0 Å². The number of amidine groups is 1. The molecule has 33 heavy (non-hydrogen) atoms. The molecule has 0 atom stereocenters. The third-order valence-electron chi connectivity index (χ3n) is 4.91. The summed E-state index contributed by atoms with van der Waals surface area (Å²) in [7, 11) is 1.44. The average molecular weight is 453 g/mol. The quantitative estimate of drug-likeness (QED) is 0.408. The van der Waals surface area contributed by atoms with Crippen molar-refractivity contribution in [3.8, 4) is 22.4 Å². The molecule has 0 fully saturated rings. The third kappa shape index (κ3) is 5.43. The maximum atomic E-state index is 13.6. The van der Waals surface area contributed by atoms with E-state index < -0.39 is 17.3 Å². The molecule has 3 rings (SSSR count). The number of benzene rings is 1. The van der Waals surface area contributed by atoms with Crippen LogP contribution in [-0.2, 0) is 13.2 Å². The summed E-state index contributed by atoms with van der Waals surface area (Å²) in [5.41, 5.74) is -0.0906. The number of pyridine rings is 2. The van der Waals surface area contributed by atoms with Crippen LogP contribution in [0.1, 0.15) is 19.4 Å². The first-order chi connectivity index (χ1) is 15.6. The lowest BCUT2D eigenvalue weighted by Gasteiger charge is -2.16. The van der Waals surface area contributed by atoms with E-state index in [1.54, 1.807) is 38.1 Å². The molecular weight excluding hydrogens is 431 g/mol. The first kappa shape index (κ1) is 23.6. The smallest absolute Gasteiger partial charge is 0.325 e. The highest BCUT2D eigenvalue weighted by atomic mass is 19.4. The summed E-state index contributed by atoms with van der Waals surface area (Å²) in [6.07, 6.45) is -1.29. The standard InChI is InChI=1S/C24H22F3N5O/c1-5-21(30-15(2)28-3)31-22-13-16(10-11-29-22)17-12-20(32(4)23(33)14-17)18-8-6-7-9-19(18)24(25,26)27/h5-14H,3H2,1-2,4H3,(H,29,31)/b21-5+,30-15?. The molecule has 0 unspecified atom stereocenters. The molecule has 2 aromatic heterocycles. The minimum atomic E-state index is -4.56. The second-order valence-corrected chi connectivity index (χ2v) is 7.12. The fraction of sp³-hybridized carbons (Fsp3) is 0.167. The number of nitrogens with zero attached hydrogens (tertiary/aromatic N) is 4. The summed E-state index contributed by atoms with van der Waals surface area (Å²) in [5, 5.41) is 3.05. The highest BCUT2D eigenvalue weighted by Crippen LogP contribution is 2.37. The molecule has 1 N–H and O–H groups in total. The minimum absolute atomic E-state index is 0.0724. The van der Waals surface area contributed by atoms with Gasteiger partial charge >= 0.3 is 6.18 Å². The predicted molar refractivity (Wildman–Crippen MR) is 125 cm³/mol. The summed E-state index contributed by atoms with van der Waals surface area (Å²) >= 11 is 0. The first-order valence-electron chi connectivity index (χ1n) is 9.93. The van der Waals surface area contributed by atoms with E-state index in [1.807, 2.05) is 0 Å². The van der Waals surface area contributed by atoms with E-state index in [2.05, 4.69) is 27.0 Å². The SMILES string of the molecule is C=NC(C)=N/C(=C\C)Nc1cc(-c2cc(-c3ccccc3C(F)(F)F)n(C)c(=O)c2)ccn1. The Balaban J connectivity index is 2.09. The van der Waals surface area contributed by atoms with E-state index in [4.69, 9.17) is 0 Å². The van der Waals surface area contributed by atoms with Gasteiger partial charge in [-0.15, -0.1) is 0 Å². The van der Waals surface area contributed by atoms with Crippen molar-refractivity contribution in [2.75, 3.05) is 5.32 Å². The monoisotopic (exact) mass is 453 g/mol. The first-order valence-corrected chi connectivity index (χ1v) is 9.93.